The Morgan fingerprint density at radius 1 is 0.875 bits per heavy atom. The Bertz CT molecular complexity index is 1440. The minimum Gasteiger partial charge on any atom is -0.283 e. The summed E-state index contributed by atoms with van der Waals surface area (Å²) in [5.41, 5.74) is 4.49. The van der Waals surface area contributed by atoms with E-state index in [1.165, 1.54) is 5.56 Å². The number of rotatable bonds is 5. The highest BCUT2D eigenvalue weighted by Gasteiger charge is 2.18. The third-order valence-corrected chi connectivity index (χ3v) is 5.97. The second-order valence-corrected chi connectivity index (χ2v) is 8.54. The maximum atomic E-state index is 13.7. The molecule has 2 heterocycles. The van der Waals surface area contributed by atoms with Gasteiger partial charge in [-0.3, -0.25) is 13.9 Å². The highest BCUT2D eigenvalue weighted by atomic mass is 79.9. The predicted molar refractivity (Wildman–Crippen MR) is 132 cm³/mol. The van der Waals surface area contributed by atoms with E-state index in [1.54, 1.807) is 10.9 Å². The molecule has 0 amide bonds. The second-order valence-electron chi connectivity index (χ2n) is 7.62. The molecule has 0 aliphatic heterocycles. The van der Waals surface area contributed by atoms with Crippen LogP contribution in [0.5, 0.6) is 0 Å². The van der Waals surface area contributed by atoms with E-state index in [0.717, 1.165) is 34.3 Å². The monoisotopic (exact) mass is 484 g/mol. The zero-order valence-electron chi connectivity index (χ0n) is 17.6. The fourth-order valence-corrected chi connectivity index (χ4v) is 4.13. The van der Waals surface area contributed by atoms with Crippen molar-refractivity contribution in [2.24, 2.45) is 0 Å². The highest BCUT2D eigenvalue weighted by molar-refractivity contribution is 9.10. The number of hydrogen-bond acceptors (Lipinski definition) is 3. The molecule has 0 saturated heterocycles. The average molecular weight is 485 g/mol. The molecule has 32 heavy (non-hydrogen) atoms. The number of nitrogens with zero attached hydrogens (tertiary/aromatic N) is 4. The molecule has 6 heteroatoms. The van der Waals surface area contributed by atoms with Crippen LogP contribution in [0.25, 0.3) is 33.9 Å². The van der Waals surface area contributed by atoms with E-state index in [9.17, 15) is 4.79 Å². The third-order valence-electron chi connectivity index (χ3n) is 5.44. The quantitative estimate of drug-likeness (QED) is 0.309. The summed E-state index contributed by atoms with van der Waals surface area (Å²) >= 11 is 3.47. The summed E-state index contributed by atoms with van der Waals surface area (Å²) in [4.78, 5) is 23.1. The minimum atomic E-state index is -0.195. The SMILES string of the molecule is CCCc1ccc(-c2nc3c(ncn3-c3ccccc3)c(=O)n2-c2ccc(Br)cc2)cc1. The summed E-state index contributed by atoms with van der Waals surface area (Å²) < 4.78 is 4.45. The smallest absolute Gasteiger partial charge is 0.283 e. The predicted octanol–water partition coefficient (Wildman–Crippen LogP) is 5.95. The fourth-order valence-electron chi connectivity index (χ4n) is 3.86. The van der Waals surface area contributed by atoms with Gasteiger partial charge in [-0.1, -0.05) is 71.7 Å². The molecule has 0 bridgehead atoms. The van der Waals surface area contributed by atoms with Crippen molar-refractivity contribution in [2.75, 3.05) is 0 Å². The zero-order chi connectivity index (χ0) is 22.1. The first-order valence-corrected chi connectivity index (χ1v) is 11.4. The van der Waals surface area contributed by atoms with E-state index >= 15 is 0 Å². The van der Waals surface area contributed by atoms with E-state index in [0.29, 0.717) is 17.0 Å². The zero-order valence-corrected chi connectivity index (χ0v) is 19.2. The second kappa shape index (κ2) is 8.55. The van der Waals surface area contributed by atoms with Crippen LogP contribution in [0.3, 0.4) is 0 Å². The van der Waals surface area contributed by atoms with Gasteiger partial charge in [0.2, 0.25) is 0 Å². The summed E-state index contributed by atoms with van der Waals surface area (Å²) in [7, 11) is 0. The summed E-state index contributed by atoms with van der Waals surface area (Å²) in [6.45, 7) is 2.17. The van der Waals surface area contributed by atoms with Gasteiger partial charge >= 0.3 is 0 Å². The van der Waals surface area contributed by atoms with Crippen molar-refractivity contribution >= 4 is 27.1 Å². The van der Waals surface area contributed by atoms with Gasteiger partial charge in [-0.05, 0) is 48.4 Å². The number of aromatic nitrogens is 4. The first-order valence-electron chi connectivity index (χ1n) is 10.6. The Kier molecular flexibility index (Phi) is 5.45. The molecule has 0 spiro atoms. The van der Waals surface area contributed by atoms with Crippen LogP contribution in [-0.4, -0.2) is 19.1 Å². The van der Waals surface area contributed by atoms with Crippen LogP contribution < -0.4 is 5.56 Å². The summed E-state index contributed by atoms with van der Waals surface area (Å²) in [5.74, 6) is 0.588. The Hall–Kier alpha value is -3.51. The molecule has 0 unspecified atom stereocenters. The Labute approximate surface area is 194 Å². The van der Waals surface area contributed by atoms with Gasteiger partial charge in [0, 0.05) is 15.7 Å². The number of hydrogen-bond donors (Lipinski definition) is 0. The number of fused-ring (bicyclic) bond motifs is 1. The van der Waals surface area contributed by atoms with Crippen molar-refractivity contribution in [3.63, 3.8) is 0 Å². The molecule has 0 fully saturated rings. The van der Waals surface area contributed by atoms with Gasteiger partial charge < -0.3 is 0 Å². The third kappa shape index (κ3) is 3.67. The van der Waals surface area contributed by atoms with E-state index in [4.69, 9.17) is 4.98 Å². The molecule has 0 aliphatic carbocycles. The van der Waals surface area contributed by atoms with Gasteiger partial charge in [0.05, 0.1) is 5.69 Å². The van der Waals surface area contributed by atoms with Crippen molar-refractivity contribution in [1.29, 1.82) is 0 Å². The highest BCUT2D eigenvalue weighted by Crippen LogP contribution is 2.25. The summed E-state index contributed by atoms with van der Waals surface area (Å²) in [6, 6.07) is 25.8. The Balaban J connectivity index is 1.79. The standard InChI is InChI=1S/C26H21BrN4O/c1-2-6-18-9-11-19(12-10-18)24-29-25-23(28-17-30(25)21-7-4-3-5-8-21)26(32)31(24)22-15-13-20(27)14-16-22/h3-5,7-17H,2,6H2,1H3. The lowest BCUT2D eigenvalue weighted by Gasteiger charge is -2.14. The molecule has 0 aliphatic rings. The fraction of sp³-hybridized carbons (Fsp3) is 0.115. The normalized spacial score (nSPS) is 11.2. The lowest BCUT2D eigenvalue weighted by molar-refractivity contribution is 0.920. The van der Waals surface area contributed by atoms with Crippen LogP contribution in [0.1, 0.15) is 18.9 Å². The number of benzene rings is 3. The lowest BCUT2D eigenvalue weighted by Crippen LogP contribution is -2.22. The first kappa shape index (κ1) is 20.4. The molecule has 158 valence electrons. The van der Waals surface area contributed by atoms with Gasteiger partial charge in [0.25, 0.3) is 5.56 Å². The number of halogens is 1. The molecule has 0 radical (unpaired) electrons. The largest absolute Gasteiger partial charge is 0.286 e. The Morgan fingerprint density at radius 3 is 2.28 bits per heavy atom. The molecule has 0 N–H and O–H groups in total. The van der Waals surface area contributed by atoms with Gasteiger partial charge in [-0.25, -0.2) is 9.97 Å². The lowest BCUT2D eigenvalue weighted by atomic mass is 10.1. The van der Waals surface area contributed by atoms with Crippen LogP contribution in [0.15, 0.2) is 94.5 Å². The van der Waals surface area contributed by atoms with Crippen LogP contribution >= 0.6 is 15.9 Å². The van der Waals surface area contributed by atoms with Crippen LogP contribution in [0, 0.1) is 0 Å². The minimum absolute atomic E-state index is 0.195. The van der Waals surface area contributed by atoms with Crippen molar-refractivity contribution in [2.45, 2.75) is 19.8 Å². The molecule has 0 atom stereocenters. The molecule has 5 aromatic rings. The van der Waals surface area contributed by atoms with Gasteiger partial charge in [0.15, 0.2) is 11.2 Å². The molecule has 2 aromatic heterocycles. The van der Waals surface area contributed by atoms with Crippen molar-refractivity contribution in [3.8, 4) is 22.8 Å². The van der Waals surface area contributed by atoms with Crippen molar-refractivity contribution in [3.05, 3.63) is 106 Å². The van der Waals surface area contributed by atoms with Crippen LogP contribution in [0.2, 0.25) is 0 Å². The van der Waals surface area contributed by atoms with E-state index in [2.05, 4.69) is 40.0 Å². The molecule has 0 saturated carbocycles. The summed E-state index contributed by atoms with van der Waals surface area (Å²) in [5, 5.41) is 0. The van der Waals surface area contributed by atoms with Crippen LogP contribution in [-0.2, 0) is 6.42 Å². The first-order chi connectivity index (χ1) is 15.7. The number of imidazole rings is 1. The van der Waals surface area contributed by atoms with E-state index in [-0.39, 0.29) is 5.56 Å². The molecular weight excluding hydrogens is 464 g/mol. The molecular formula is C26H21BrN4O. The van der Waals surface area contributed by atoms with Crippen molar-refractivity contribution < 1.29 is 0 Å². The Morgan fingerprint density at radius 2 is 1.59 bits per heavy atom. The maximum Gasteiger partial charge on any atom is 0.286 e. The van der Waals surface area contributed by atoms with Crippen LogP contribution in [0.4, 0.5) is 0 Å². The molecule has 5 rings (SSSR count). The van der Waals surface area contributed by atoms with Gasteiger partial charge in [-0.15, -0.1) is 0 Å². The van der Waals surface area contributed by atoms with E-state index < -0.39 is 0 Å². The maximum absolute atomic E-state index is 13.7. The molecule has 3 aromatic carbocycles. The average Bonchev–Trinajstić information content (AvgIpc) is 3.26. The number of para-hydroxylation sites is 1. The summed E-state index contributed by atoms with van der Waals surface area (Å²) in [6.07, 6.45) is 3.77. The topological polar surface area (TPSA) is 52.7 Å². The molecule has 5 nitrogen and oxygen atoms in total. The van der Waals surface area contributed by atoms with Crippen molar-refractivity contribution in [1.82, 2.24) is 19.1 Å². The van der Waals surface area contributed by atoms with Gasteiger partial charge in [0.1, 0.15) is 12.2 Å². The van der Waals surface area contributed by atoms with Gasteiger partial charge in [-0.2, -0.15) is 0 Å². The van der Waals surface area contributed by atoms with E-state index in [1.807, 2.05) is 71.3 Å². The number of aryl methyl sites for hydroxylation is 1.